The van der Waals surface area contributed by atoms with Crippen molar-refractivity contribution in [2.45, 2.75) is 95.9 Å². The maximum atomic E-state index is 13.2. The summed E-state index contributed by atoms with van der Waals surface area (Å²) in [7, 11) is 1.73. The summed E-state index contributed by atoms with van der Waals surface area (Å²) in [6.45, 7) is 2.24. The Bertz CT molecular complexity index is 873. The molecule has 1 aromatic rings. The molecule has 32 heavy (non-hydrogen) atoms. The van der Waals surface area contributed by atoms with E-state index in [0.717, 1.165) is 50.7 Å². The highest BCUT2D eigenvalue weighted by molar-refractivity contribution is 5.88. The van der Waals surface area contributed by atoms with E-state index in [1.807, 2.05) is 0 Å². The zero-order chi connectivity index (χ0) is 22.3. The summed E-state index contributed by atoms with van der Waals surface area (Å²) in [4.78, 5) is 25.9. The number of amides is 1. The first-order valence-corrected chi connectivity index (χ1v) is 13.0. The van der Waals surface area contributed by atoms with E-state index in [1.165, 1.54) is 30.4 Å². The third kappa shape index (κ3) is 3.88. The molecule has 4 aliphatic rings. The molecule has 3 fully saturated rings. The van der Waals surface area contributed by atoms with E-state index in [-0.39, 0.29) is 11.3 Å². The molecule has 0 aliphatic heterocycles. The van der Waals surface area contributed by atoms with Gasteiger partial charge >= 0.3 is 0 Å². The van der Waals surface area contributed by atoms with Gasteiger partial charge in [0.2, 0.25) is 5.91 Å². The van der Waals surface area contributed by atoms with Gasteiger partial charge in [-0.15, -0.1) is 0 Å². The number of rotatable bonds is 5. The molecule has 0 saturated heterocycles. The van der Waals surface area contributed by atoms with Crippen molar-refractivity contribution in [1.29, 1.82) is 0 Å². The first-order valence-electron chi connectivity index (χ1n) is 13.0. The first kappa shape index (κ1) is 22.0. The summed E-state index contributed by atoms with van der Waals surface area (Å²) in [5.41, 5.74) is 2.73. The summed E-state index contributed by atoms with van der Waals surface area (Å²) in [6.07, 6.45) is 12.5. The molecular weight excluding hydrogens is 398 g/mol. The number of nitrogens with one attached hydrogen (secondary N) is 1. The van der Waals surface area contributed by atoms with Gasteiger partial charge < -0.3 is 10.1 Å². The fourth-order valence-corrected chi connectivity index (χ4v) is 7.87. The maximum absolute atomic E-state index is 13.2. The van der Waals surface area contributed by atoms with E-state index >= 15 is 0 Å². The largest absolute Gasteiger partial charge is 0.497 e. The van der Waals surface area contributed by atoms with Crippen LogP contribution >= 0.6 is 0 Å². The standard InChI is InChI=1S/C28H39NO3/c1-28-15-14-23-22-12-10-21(32-2)16-18(22)8-11-24(23)27(28)19(17-25(28)30)9-13-26(31)29-20-6-4-3-5-7-20/h10,12,16,19-20,23-24,27H,3-9,11,13-15,17H2,1-2H3,(H,29,31)/t19-,23?,24?,27?,28-/m1/s1. The smallest absolute Gasteiger partial charge is 0.220 e. The van der Waals surface area contributed by atoms with Crippen molar-refractivity contribution in [2.24, 2.45) is 23.2 Å². The molecule has 1 N–H and O–H groups in total. The lowest BCUT2D eigenvalue weighted by atomic mass is 9.54. The Morgan fingerprint density at radius 3 is 2.75 bits per heavy atom. The molecule has 174 valence electrons. The Kier molecular flexibility index (Phi) is 6.07. The van der Waals surface area contributed by atoms with Crippen LogP contribution in [0.5, 0.6) is 5.75 Å². The second-order valence-electron chi connectivity index (χ2n) is 11.2. The van der Waals surface area contributed by atoms with Crippen LogP contribution in [0.15, 0.2) is 18.2 Å². The summed E-state index contributed by atoms with van der Waals surface area (Å²) in [5, 5.41) is 3.28. The fourth-order valence-electron chi connectivity index (χ4n) is 7.87. The zero-order valence-electron chi connectivity index (χ0n) is 19.8. The molecule has 1 amide bonds. The second-order valence-corrected chi connectivity index (χ2v) is 11.2. The van der Waals surface area contributed by atoms with E-state index in [2.05, 4.69) is 30.4 Å². The van der Waals surface area contributed by atoms with Gasteiger partial charge in [-0.25, -0.2) is 0 Å². The molecule has 0 bridgehead atoms. The van der Waals surface area contributed by atoms with Crippen LogP contribution in [0.2, 0.25) is 0 Å². The van der Waals surface area contributed by atoms with Crippen LogP contribution in [0.4, 0.5) is 0 Å². The lowest BCUT2D eigenvalue weighted by Gasteiger charge is -2.50. The van der Waals surface area contributed by atoms with Crippen molar-refractivity contribution >= 4 is 11.7 Å². The van der Waals surface area contributed by atoms with Crippen molar-refractivity contribution < 1.29 is 14.3 Å². The second kappa shape index (κ2) is 8.83. The van der Waals surface area contributed by atoms with Crippen molar-refractivity contribution in [3.63, 3.8) is 0 Å². The van der Waals surface area contributed by atoms with Crippen molar-refractivity contribution in [3.05, 3.63) is 29.3 Å². The Labute approximate surface area is 192 Å². The minimum Gasteiger partial charge on any atom is -0.497 e. The lowest BCUT2D eigenvalue weighted by Crippen LogP contribution is -2.44. The highest BCUT2D eigenvalue weighted by Gasteiger charge is 2.58. The summed E-state index contributed by atoms with van der Waals surface area (Å²) in [6, 6.07) is 6.96. The van der Waals surface area contributed by atoms with Crippen LogP contribution in [0.3, 0.4) is 0 Å². The molecule has 3 unspecified atom stereocenters. The number of benzene rings is 1. The monoisotopic (exact) mass is 437 g/mol. The third-order valence-corrected chi connectivity index (χ3v) is 9.49. The van der Waals surface area contributed by atoms with E-state index in [0.29, 0.717) is 48.3 Å². The van der Waals surface area contributed by atoms with Crippen LogP contribution in [0, 0.1) is 23.2 Å². The predicted octanol–water partition coefficient (Wildman–Crippen LogP) is 5.58. The van der Waals surface area contributed by atoms with Crippen LogP contribution < -0.4 is 10.1 Å². The Morgan fingerprint density at radius 1 is 1.16 bits per heavy atom. The molecule has 5 atom stereocenters. The van der Waals surface area contributed by atoms with Crippen LogP contribution in [0.1, 0.15) is 94.6 Å². The predicted molar refractivity (Wildman–Crippen MR) is 126 cm³/mol. The van der Waals surface area contributed by atoms with Gasteiger partial charge in [0.1, 0.15) is 11.5 Å². The van der Waals surface area contributed by atoms with Gasteiger partial charge in [-0.3, -0.25) is 9.59 Å². The van der Waals surface area contributed by atoms with Crippen molar-refractivity contribution in [2.75, 3.05) is 7.11 Å². The van der Waals surface area contributed by atoms with Gasteiger partial charge in [-0.2, -0.15) is 0 Å². The summed E-state index contributed by atoms with van der Waals surface area (Å²) < 4.78 is 5.46. The number of methoxy groups -OCH3 is 1. The number of ether oxygens (including phenoxy) is 1. The average Bonchev–Trinajstić information content (AvgIpc) is 3.07. The van der Waals surface area contributed by atoms with E-state index in [4.69, 9.17) is 4.74 Å². The summed E-state index contributed by atoms with van der Waals surface area (Å²) >= 11 is 0. The average molecular weight is 438 g/mol. The van der Waals surface area contributed by atoms with Gasteiger partial charge in [0, 0.05) is 24.3 Å². The Balaban J connectivity index is 1.30. The number of Topliss-reactive ketones (excluding diaryl/α,β-unsaturated/α-hetero) is 1. The number of carbonyl (C=O) groups is 2. The Morgan fingerprint density at radius 2 is 1.97 bits per heavy atom. The minimum atomic E-state index is -0.185. The molecule has 4 heteroatoms. The SMILES string of the molecule is COc1ccc2c(c1)CCC1C2CC[C@]2(C)C(=O)C[C@@H](CCC(=O)NC3CCCCC3)C12. The lowest BCUT2D eigenvalue weighted by molar-refractivity contribution is -0.129. The fraction of sp³-hybridized carbons (Fsp3) is 0.714. The van der Waals surface area contributed by atoms with Gasteiger partial charge in [0.15, 0.2) is 0 Å². The molecule has 4 aliphatic carbocycles. The highest BCUT2D eigenvalue weighted by Crippen LogP contribution is 2.62. The number of hydrogen-bond donors (Lipinski definition) is 1. The minimum absolute atomic E-state index is 0.185. The Hall–Kier alpha value is -1.84. The van der Waals surface area contributed by atoms with Crippen molar-refractivity contribution in [1.82, 2.24) is 5.32 Å². The maximum Gasteiger partial charge on any atom is 0.220 e. The number of aryl methyl sites for hydroxylation is 1. The molecular formula is C28H39NO3. The normalized spacial score (nSPS) is 34.4. The third-order valence-electron chi connectivity index (χ3n) is 9.49. The van der Waals surface area contributed by atoms with Gasteiger partial charge in [-0.05, 0) is 91.9 Å². The number of carbonyl (C=O) groups excluding carboxylic acids is 2. The molecule has 0 heterocycles. The van der Waals surface area contributed by atoms with Crippen LogP contribution in [0.25, 0.3) is 0 Å². The molecule has 0 spiro atoms. The molecule has 4 nitrogen and oxygen atoms in total. The van der Waals surface area contributed by atoms with Crippen LogP contribution in [-0.4, -0.2) is 24.8 Å². The van der Waals surface area contributed by atoms with E-state index in [1.54, 1.807) is 7.11 Å². The van der Waals surface area contributed by atoms with E-state index in [9.17, 15) is 9.59 Å². The molecule has 5 rings (SSSR count). The summed E-state index contributed by atoms with van der Waals surface area (Å²) in [5.74, 6) is 3.50. The van der Waals surface area contributed by atoms with E-state index < -0.39 is 0 Å². The molecule has 3 saturated carbocycles. The number of hydrogen-bond acceptors (Lipinski definition) is 3. The van der Waals surface area contributed by atoms with Gasteiger partial charge in [-0.1, -0.05) is 32.3 Å². The molecule has 0 aromatic heterocycles. The first-order chi connectivity index (χ1) is 15.5. The molecule has 1 aromatic carbocycles. The van der Waals surface area contributed by atoms with Crippen molar-refractivity contribution in [3.8, 4) is 5.75 Å². The highest BCUT2D eigenvalue weighted by atomic mass is 16.5. The quantitative estimate of drug-likeness (QED) is 0.655. The van der Waals surface area contributed by atoms with Crippen LogP contribution in [-0.2, 0) is 16.0 Å². The van der Waals surface area contributed by atoms with Gasteiger partial charge in [0.05, 0.1) is 7.11 Å². The topological polar surface area (TPSA) is 55.4 Å². The zero-order valence-corrected chi connectivity index (χ0v) is 19.8. The number of fused-ring (bicyclic) bond motifs is 5. The number of ketones is 1. The molecule has 0 radical (unpaired) electrons. The van der Waals surface area contributed by atoms with Gasteiger partial charge in [0.25, 0.3) is 0 Å².